The fraction of sp³-hybridized carbons (Fsp3) is 0.0500. The molecule has 43 heavy (non-hydrogen) atoms. The summed E-state index contributed by atoms with van der Waals surface area (Å²) in [6.45, 7) is 4.17. The van der Waals surface area contributed by atoms with Crippen LogP contribution >= 0.6 is 0 Å². The molecule has 1 heterocycles. The summed E-state index contributed by atoms with van der Waals surface area (Å²) in [7, 11) is 0. The molecule has 0 aliphatic carbocycles. The van der Waals surface area contributed by atoms with Gasteiger partial charge in [-0.15, -0.1) is 0 Å². The molecule has 3 nitrogen and oxygen atoms in total. The van der Waals surface area contributed by atoms with Crippen molar-refractivity contribution in [1.29, 1.82) is 10.5 Å². The average molecular weight is 550 g/mol. The lowest BCUT2D eigenvalue weighted by Crippen LogP contribution is -2.03. The van der Waals surface area contributed by atoms with Gasteiger partial charge in [-0.2, -0.15) is 10.5 Å². The maximum atomic E-state index is 10.5. The number of aryl methyl sites for hydroxylation is 2. The standard InChI is InChI=1S/C40H27N3/c1-26-10-9-11-27(2)39(26)36-21-28(24-41)20-33(25-42)40(36)43-37-18-16-31(29-12-5-3-6-13-29)22-34(37)35-23-32(17-19-38(35)43)30-14-7-4-8-15-30/h3-23H,1-2H3. The molecule has 0 bridgehead atoms. The van der Waals surface area contributed by atoms with Gasteiger partial charge in [0.05, 0.1) is 33.9 Å². The van der Waals surface area contributed by atoms with Crippen molar-refractivity contribution >= 4 is 21.8 Å². The van der Waals surface area contributed by atoms with E-state index in [-0.39, 0.29) is 0 Å². The molecule has 0 atom stereocenters. The van der Waals surface area contributed by atoms with Crippen molar-refractivity contribution < 1.29 is 0 Å². The first-order chi connectivity index (χ1) is 21.1. The fourth-order valence-electron chi connectivity index (χ4n) is 6.34. The highest BCUT2D eigenvalue weighted by Gasteiger charge is 2.22. The van der Waals surface area contributed by atoms with Gasteiger partial charge in [0, 0.05) is 16.3 Å². The minimum atomic E-state index is 0.467. The Morgan fingerprint density at radius 1 is 0.512 bits per heavy atom. The Morgan fingerprint density at radius 3 is 1.53 bits per heavy atom. The molecule has 0 radical (unpaired) electrons. The van der Waals surface area contributed by atoms with Crippen molar-refractivity contribution in [1.82, 2.24) is 4.57 Å². The van der Waals surface area contributed by atoms with Crippen molar-refractivity contribution in [2.24, 2.45) is 0 Å². The number of fused-ring (bicyclic) bond motifs is 3. The topological polar surface area (TPSA) is 52.5 Å². The molecular weight excluding hydrogens is 522 g/mol. The monoisotopic (exact) mass is 549 g/mol. The maximum absolute atomic E-state index is 10.5. The Bertz CT molecular complexity index is 2140. The van der Waals surface area contributed by atoms with E-state index >= 15 is 0 Å². The minimum Gasteiger partial charge on any atom is -0.307 e. The molecule has 3 heteroatoms. The molecule has 0 amide bonds. The third-order valence-electron chi connectivity index (χ3n) is 8.31. The van der Waals surface area contributed by atoms with E-state index in [2.05, 4.69) is 128 Å². The summed E-state index contributed by atoms with van der Waals surface area (Å²) < 4.78 is 2.22. The van der Waals surface area contributed by atoms with Crippen LogP contribution in [-0.2, 0) is 0 Å². The Morgan fingerprint density at radius 2 is 1.05 bits per heavy atom. The Labute approximate surface area is 251 Å². The largest absolute Gasteiger partial charge is 0.307 e. The first-order valence-electron chi connectivity index (χ1n) is 14.3. The van der Waals surface area contributed by atoms with E-state index in [1.165, 1.54) is 0 Å². The van der Waals surface area contributed by atoms with Crippen LogP contribution in [-0.4, -0.2) is 4.57 Å². The minimum absolute atomic E-state index is 0.467. The van der Waals surface area contributed by atoms with E-state index in [1.54, 1.807) is 6.07 Å². The molecule has 0 unspecified atom stereocenters. The van der Waals surface area contributed by atoms with Crippen molar-refractivity contribution in [3.63, 3.8) is 0 Å². The fourth-order valence-corrected chi connectivity index (χ4v) is 6.34. The van der Waals surface area contributed by atoms with E-state index < -0.39 is 0 Å². The predicted molar refractivity (Wildman–Crippen MR) is 176 cm³/mol. The number of hydrogen-bond donors (Lipinski definition) is 0. The number of rotatable bonds is 4. The molecule has 7 rings (SSSR count). The van der Waals surface area contributed by atoms with Crippen molar-refractivity contribution in [2.45, 2.75) is 13.8 Å². The van der Waals surface area contributed by atoms with Gasteiger partial charge in [-0.3, -0.25) is 0 Å². The second kappa shape index (κ2) is 10.5. The highest BCUT2D eigenvalue weighted by atomic mass is 15.0. The zero-order valence-electron chi connectivity index (χ0n) is 24.0. The molecule has 0 spiro atoms. The highest BCUT2D eigenvalue weighted by Crippen LogP contribution is 2.42. The van der Waals surface area contributed by atoms with Gasteiger partial charge in [-0.25, -0.2) is 0 Å². The van der Waals surface area contributed by atoms with Crippen LogP contribution in [0.5, 0.6) is 0 Å². The Hall–Kier alpha value is -5.90. The zero-order chi connectivity index (χ0) is 29.5. The van der Waals surface area contributed by atoms with Crippen LogP contribution < -0.4 is 0 Å². The van der Waals surface area contributed by atoms with E-state index in [0.29, 0.717) is 11.1 Å². The van der Waals surface area contributed by atoms with E-state index in [9.17, 15) is 10.5 Å². The summed E-state index contributed by atoms with van der Waals surface area (Å²) in [6.07, 6.45) is 0. The van der Waals surface area contributed by atoms with Gasteiger partial charge in [0.1, 0.15) is 6.07 Å². The van der Waals surface area contributed by atoms with Crippen LogP contribution in [0.2, 0.25) is 0 Å². The van der Waals surface area contributed by atoms with Crippen LogP contribution in [0, 0.1) is 36.5 Å². The summed E-state index contributed by atoms with van der Waals surface area (Å²) in [5.74, 6) is 0. The Kier molecular flexibility index (Phi) is 6.35. The summed E-state index contributed by atoms with van der Waals surface area (Å²) >= 11 is 0. The molecule has 0 aliphatic heterocycles. The van der Waals surface area contributed by atoms with Crippen LogP contribution in [0.25, 0.3) is 60.9 Å². The van der Waals surface area contributed by atoms with Crippen molar-refractivity contribution in [3.05, 3.63) is 150 Å². The van der Waals surface area contributed by atoms with Gasteiger partial charge in [-0.05, 0) is 89.2 Å². The molecule has 0 saturated heterocycles. The molecule has 0 fully saturated rings. The SMILES string of the molecule is Cc1cccc(C)c1-c1cc(C#N)cc(C#N)c1-n1c2ccc(-c3ccccc3)cc2c2cc(-c3ccccc3)ccc21. The third kappa shape index (κ3) is 4.36. The maximum Gasteiger partial charge on any atom is 0.101 e. The van der Waals surface area contributed by atoms with Crippen molar-refractivity contribution in [2.75, 3.05) is 0 Å². The normalized spacial score (nSPS) is 11.0. The number of nitrogens with zero attached hydrogens (tertiary/aromatic N) is 3. The molecular formula is C40H27N3. The molecule has 1 aromatic heterocycles. The third-order valence-corrected chi connectivity index (χ3v) is 8.31. The summed E-state index contributed by atoms with van der Waals surface area (Å²) in [4.78, 5) is 0. The molecule has 0 saturated carbocycles. The first kappa shape index (κ1) is 26.0. The lowest BCUT2D eigenvalue weighted by molar-refractivity contribution is 1.16. The van der Waals surface area contributed by atoms with Gasteiger partial charge < -0.3 is 4.57 Å². The first-order valence-corrected chi connectivity index (χ1v) is 14.3. The second-order valence-electron chi connectivity index (χ2n) is 10.9. The molecule has 7 aromatic rings. The van der Waals surface area contributed by atoms with Crippen molar-refractivity contribution in [3.8, 4) is 51.2 Å². The van der Waals surface area contributed by atoms with Crippen LogP contribution in [0.3, 0.4) is 0 Å². The predicted octanol–water partition coefficient (Wildman–Crippen LogP) is 10.1. The van der Waals surface area contributed by atoms with Gasteiger partial charge >= 0.3 is 0 Å². The van der Waals surface area contributed by atoms with E-state index in [0.717, 1.165) is 72.0 Å². The smallest absolute Gasteiger partial charge is 0.101 e. The summed E-state index contributed by atoms with van der Waals surface area (Å²) in [5.41, 5.74) is 12.4. The zero-order valence-corrected chi connectivity index (χ0v) is 24.0. The Balaban J connectivity index is 1.63. The highest BCUT2D eigenvalue weighted by molar-refractivity contribution is 6.12. The average Bonchev–Trinajstić information content (AvgIpc) is 3.37. The van der Waals surface area contributed by atoms with Crippen LogP contribution in [0.15, 0.2) is 127 Å². The van der Waals surface area contributed by atoms with E-state index in [4.69, 9.17) is 0 Å². The quantitative estimate of drug-likeness (QED) is 0.219. The van der Waals surface area contributed by atoms with Gasteiger partial charge in [0.25, 0.3) is 0 Å². The number of hydrogen-bond acceptors (Lipinski definition) is 2. The van der Waals surface area contributed by atoms with Crippen LogP contribution in [0.1, 0.15) is 22.3 Å². The van der Waals surface area contributed by atoms with Crippen LogP contribution in [0.4, 0.5) is 0 Å². The summed E-state index contributed by atoms with van der Waals surface area (Å²) in [6, 6.07) is 48.5. The number of nitriles is 2. The lowest BCUT2D eigenvalue weighted by Gasteiger charge is -2.19. The molecule has 0 N–H and O–H groups in total. The lowest BCUT2D eigenvalue weighted by atomic mass is 9.91. The van der Waals surface area contributed by atoms with Gasteiger partial charge in [0.2, 0.25) is 0 Å². The van der Waals surface area contributed by atoms with E-state index in [1.807, 2.05) is 24.3 Å². The van der Waals surface area contributed by atoms with Gasteiger partial charge in [-0.1, -0.05) is 91.0 Å². The molecule has 0 aliphatic rings. The summed E-state index contributed by atoms with van der Waals surface area (Å²) in [5, 5.41) is 22.7. The number of aromatic nitrogens is 1. The molecule has 6 aromatic carbocycles. The van der Waals surface area contributed by atoms with Gasteiger partial charge in [0.15, 0.2) is 0 Å². The number of benzene rings is 6. The molecule has 202 valence electrons. The second-order valence-corrected chi connectivity index (χ2v) is 10.9.